The average Bonchev–Trinajstić information content (AvgIpc) is 3.11. The third kappa shape index (κ3) is 9.32. The van der Waals surface area contributed by atoms with E-state index in [1.54, 1.807) is 11.6 Å². The molecule has 176 valence electrons. The largest absolute Gasteiger partial charge is 0.331 e. The minimum absolute atomic E-state index is 0.0188. The summed E-state index contributed by atoms with van der Waals surface area (Å²) in [5.74, 6) is 0. The highest BCUT2D eigenvalue weighted by molar-refractivity contribution is 7.86. The summed E-state index contributed by atoms with van der Waals surface area (Å²) >= 11 is 0. The van der Waals surface area contributed by atoms with E-state index in [9.17, 15) is 8.42 Å². The van der Waals surface area contributed by atoms with Crippen LogP contribution in [-0.2, 0) is 21.3 Å². The van der Waals surface area contributed by atoms with Crippen molar-refractivity contribution in [2.75, 3.05) is 6.61 Å². The summed E-state index contributed by atoms with van der Waals surface area (Å²) in [5, 5.41) is -0.0188. The Balaban J connectivity index is 1.47. The van der Waals surface area contributed by atoms with Crippen LogP contribution in [-0.4, -0.2) is 24.6 Å². The molecule has 0 aliphatic heterocycles. The third-order valence-electron chi connectivity index (χ3n) is 5.96. The van der Waals surface area contributed by atoms with Gasteiger partial charge < -0.3 is 4.57 Å². The zero-order valence-corrected chi connectivity index (χ0v) is 20.5. The predicted octanol–water partition coefficient (Wildman–Crippen LogP) is 7.15. The van der Waals surface area contributed by atoms with Crippen LogP contribution >= 0.6 is 0 Å². The van der Waals surface area contributed by atoms with Gasteiger partial charge in [-0.15, -0.1) is 0 Å². The van der Waals surface area contributed by atoms with Crippen LogP contribution in [0.3, 0.4) is 0 Å². The second kappa shape index (κ2) is 14.6. The maximum atomic E-state index is 12.5. The highest BCUT2D eigenvalue weighted by Crippen LogP contribution is 2.20. The first-order chi connectivity index (χ1) is 15.1. The number of unbranched alkanes of at least 4 members (excludes halogenated alkanes) is 14. The van der Waals surface area contributed by atoms with Crippen molar-refractivity contribution >= 4 is 21.2 Å². The maximum absolute atomic E-state index is 12.5. The molecule has 0 unspecified atom stereocenters. The quantitative estimate of drug-likeness (QED) is 0.179. The standard InChI is InChI=1S/C25H42N2O3S/c1-3-4-5-6-7-8-9-10-11-12-13-14-15-16-19-22-30-31(28,29)25-26-23-20-17-18-21-24(23)27(25)2/h17-18,20-21H,3-16,19,22H2,1-2H3. The van der Waals surface area contributed by atoms with Crippen molar-refractivity contribution in [3.05, 3.63) is 24.3 Å². The SMILES string of the molecule is CCCCCCCCCCCCCCCCCOS(=O)(=O)c1nc2ccccc2n1C. The van der Waals surface area contributed by atoms with Crippen LogP contribution in [0.1, 0.15) is 103 Å². The number of nitrogens with zero attached hydrogens (tertiary/aromatic N) is 2. The molecule has 5 nitrogen and oxygen atoms in total. The minimum Gasteiger partial charge on any atom is -0.316 e. The first kappa shape index (κ1) is 25.9. The lowest BCUT2D eigenvalue weighted by Gasteiger charge is -2.06. The van der Waals surface area contributed by atoms with Crippen LogP contribution in [0.5, 0.6) is 0 Å². The Hall–Kier alpha value is -1.40. The number of aryl methyl sites for hydroxylation is 1. The summed E-state index contributed by atoms with van der Waals surface area (Å²) in [4.78, 5) is 4.23. The maximum Gasteiger partial charge on any atom is 0.331 e. The number of aromatic nitrogens is 2. The molecule has 0 fully saturated rings. The Bertz CT molecular complexity index is 846. The number of imidazole rings is 1. The van der Waals surface area contributed by atoms with E-state index < -0.39 is 10.1 Å². The lowest BCUT2D eigenvalue weighted by molar-refractivity contribution is 0.301. The number of benzene rings is 1. The van der Waals surface area contributed by atoms with Crippen molar-refractivity contribution in [1.29, 1.82) is 0 Å². The second-order valence-corrected chi connectivity index (χ2v) is 10.2. The molecule has 0 spiro atoms. The van der Waals surface area contributed by atoms with Crippen LogP contribution in [0.2, 0.25) is 0 Å². The van der Waals surface area contributed by atoms with Crippen LogP contribution < -0.4 is 0 Å². The van der Waals surface area contributed by atoms with Gasteiger partial charge >= 0.3 is 10.1 Å². The molecule has 0 saturated heterocycles. The molecule has 2 aromatic rings. The number of fused-ring (bicyclic) bond motifs is 1. The van der Waals surface area contributed by atoms with Gasteiger partial charge in [-0.1, -0.05) is 109 Å². The summed E-state index contributed by atoms with van der Waals surface area (Å²) in [6.45, 7) is 2.49. The molecule has 31 heavy (non-hydrogen) atoms. The molecule has 6 heteroatoms. The van der Waals surface area contributed by atoms with Gasteiger partial charge in [0, 0.05) is 7.05 Å². The molecule has 2 rings (SSSR count). The van der Waals surface area contributed by atoms with Crippen LogP contribution in [0.15, 0.2) is 29.4 Å². The van der Waals surface area contributed by atoms with Crippen LogP contribution in [0, 0.1) is 0 Å². The van der Waals surface area contributed by atoms with E-state index in [1.807, 2.05) is 24.3 Å². The molecule has 0 bridgehead atoms. The van der Waals surface area contributed by atoms with Crippen LogP contribution in [0.25, 0.3) is 11.0 Å². The van der Waals surface area contributed by atoms with E-state index in [0.29, 0.717) is 5.52 Å². The number of hydrogen-bond donors (Lipinski definition) is 0. The van der Waals surface area contributed by atoms with E-state index in [4.69, 9.17) is 4.18 Å². The van der Waals surface area contributed by atoms with Gasteiger partial charge in [-0.2, -0.15) is 8.42 Å². The Morgan fingerprint density at radius 3 is 1.77 bits per heavy atom. The molecule has 0 N–H and O–H groups in total. The van der Waals surface area contributed by atoms with Crippen molar-refractivity contribution in [3.8, 4) is 0 Å². The monoisotopic (exact) mass is 450 g/mol. The molecular weight excluding hydrogens is 408 g/mol. The average molecular weight is 451 g/mol. The first-order valence-corrected chi connectivity index (χ1v) is 13.8. The van der Waals surface area contributed by atoms with Gasteiger partial charge in [0.25, 0.3) is 5.16 Å². The third-order valence-corrected chi connectivity index (χ3v) is 7.25. The van der Waals surface area contributed by atoms with E-state index in [2.05, 4.69) is 11.9 Å². The number of para-hydroxylation sites is 2. The molecule has 0 saturated carbocycles. The molecule has 0 aliphatic rings. The van der Waals surface area contributed by atoms with Gasteiger partial charge in [0.1, 0.15) is 0 Å². The lowest BCUT2D eigenvalue weighted by atomic mass is 10.0. The topological polar surface area (TPSA) is 61.2 Å². The predicted molar refractivity (Wildman–Crippen MR) is 129 cm³/mol. The highest BCUT2D eigenvalue weighted by Gasteiger charge is 2.22. The van der Waals surface area contributed by atoms with E-state index in [-0.39, 0.29) is 11.8 Å². The van der Waals surface area contributed by atoms with Crippen molar-refractivity contribution in [2.24, 2.45) is 7.05 Å². The summed E-state index contributed by atoms with van der Waals surface area (Å²) in [6, 6.07) is 7.39. The minimum atomic E-state index is -3.82. The fourth-order valence-electron chi connectivity index (χ4n) is 4.04. The van der Waals surface area contributed by atoms with Gasteiger partial charge in [0.2, 0.25) is 0 Å². The zero-order chi connectivity index (χ0) is 22.4. The molecule has 1 aromatic carbocycles. The Morgan fingerprint density at radius 1 is 0.774 bits per heavy atom. The summed E-state index contributed by atoms with van der Waals surface area (Å²) < 4.78 is 31.7. The Labute approximate surface area is 189 Å². The van der Waals surface area contributed by atoms with Gasteiger partial charge in [0.15, 0.2) is 0 Å². The first-order valence-electron chi connectivity index (χ1n) is 12.4. The van der Waals surface area contributed by atoms with Gasteiger partial charge in [0.05, 0.1) is 17.6 Å². The Morgan fingerprint density at radius 2 is 1.26 bits per heavy atom. The number of hydrogen-bond acceptors (Lipinski definition) is 4. The normalized spacial score (nSPS) is 12.1. The zero-order valence-electron chi connectivity index (χ0n) is 19.7. The van der Waals surface area contributed by atoms with Gasteiger partial charge in [-0.25, -0.2) is 4.98 Å². The fourth-order valence-corrected chi connectivity index (χ4v) is 5.13. The molecular formula is C25H42N2O3S. The van der Waals surface area contributed by atoms with Crippen molar-refractivity contribution in [2.45, 2.75) is 108 Å². The second-order valence-electron chi connectivity index (χ2n) is 8.67. The molecule has 0 atom stereocenters. The van der Waals surface area contributed by atoms with E-state index >= 15 is 0 Å². The molecule has 1 heterocycles. The summed E-state index contributed by atoms with van der Waals surface area (Å²) in [7, 11) is -2.11. The van der Waals surface area contributed by atoms with Gasteiger partial charge in [-0.05, 0) is 18.6 Å². The summed E-state index contributed by atoms with van der Waals surface area (Å²) in [6.07, 6.45) is 19.2. The highest BCUT2D eigenvalue weighted by atomic mass is 32.2. The number of rotatable bonds is 18. The van der Waals surface area contributed by atoms with Crippen LogP contribution in [0.4, 0.5) is 0 Å². The Kier molecular flexibility index (Phi) is 12.2. The van der Waals surface area contributed by atoms with Crippen molar-refractivity contribution in [3.63, 3.8) is 0 Å². The van der Waals surface area contributed by atoms with E-state index in [0.717, 1.165) is 24.8 Å². The van der Waals surface area contributed by atoms with E-state index in [1.165, 1.54) is 77.0 Å². The lowest BCUT2D eigenvalue weighted by Crippen LogP contribution is -2.12. The molecule has 0 radical (unpaired) electrons. The molecule has 0 amide bonds. The van der Waals surface area contributed by atoms with Crippen molar-refractivity contribution < 1.29 is 12.6 Å². The smallest absolute Gasteiger partial charge is 0.316 e. The molecule has 0 aliphatic carbocycles. The van der Waals surface area contributed by atoms with Gasteiger partial charge in [-0.3, -0.25) is 4.18 Å². The fraction of sp³-hybridized carbons (Fsp3) is 0.720. The molecule has 1 aromatic heterocycles. The summed E-state index contributed by atoms with van der Waals surface area (Å²) in [5.41, 5.74) is 1.45. The van der Waals surface area contributed by atoms with Crippen molar-refractivity contribution in [1.82, 2.24) is 9.55 Å².